The number of hydrogen-bond donors (Lipinski definition) is 1. The van der Waals surface area contributed by atoms with Crippen molar-refractivity contribution in [2.75, 3.05) is 31.4 Å². The van der Waals surface area contributed by atoms with Gasteiger partial charge in [0, 0.05) is 11.8 Å². The number of alkyl halides is 4. The lowest BCUT2D eigenvalue weighted by Crippen LogP contribution is -2.51. The number of esters is 1. The minimum Gasteiger partial charge on any atom is -0.482 e. The number of amides is 3. The maximum absolute atomic E-state index is 13.7. The number of fused-ring (bicyclic) bond motifs is 1. The number of halogens is 5. The Morgan fingerprint density at radius 1 is 1.04 bits per heavy atom. The lowest BCUT2D eigenvalue weighted by atomic mass is 9.87. The highest BCUT2D eigenvalue weighted by Crippen LogP contribution is 2.36. The van der Waals surface area contributed by atoms with Gasteiger partial charge in [-0.25, -0.2) is 28.2 Å². The summed E-state index contributed by atoms with van der Waals surface area (Å²) in [7, 11) is 0. The van der Waals surface area contributed by atoms with E-state index in [9.17, 15) is 36.7 Å². The average Bonchev–Trinajstić information content (AvgIpc) is 3.38. The number of carbonyl (C=O) groups is 4. The predicted octanol–water partition coefficient (Wildman–Crippen LogP) is 5.83. The molecular formula is C31H35ClF4N6O8. The van der Waals surface area contributed by atoms with Crippen molar-refractivity contribution < 1.29 is 55.7 Å². The third-order valence-corrected chi connectivity index (χ3v) is 7.00. The van der Waals surface area contributed by atoms with Crippen molar-refractivity contribution >= 4 is 52.9 Å². The largest absolute Gasteiger partial charge is 0.482 e. The number of rotatable bonds is 9. The van der Waals surface area contributed by atoms with Crippen LogP contribution in [0.3, 0.4) is 0 Å². The summed E-state index contributed by atoms with van der Waals surface area (Å²) in [5.74, 6) is -2.72. The van der Waals surface area contributed by atoms with Crippen LogP contribution in [0.15, 0.2) is 36.5 Å². The molecule has 0 unspecified atom stereocenters. The Labute approximate surface area is 288 Å². The van der Waals surface area contributed by atoms with Crippen LogP contribution in [0.2, 0.25) is 5.02 Å². The van der Waals surface area contributed by atoms with Crippen LogP contribution in [0.5, 0.6) is 5.75 Å². The van der Waals surface area contributed by atoms with E-state index in [0.717, 1.165) is 17.0 Å². The Morgan fingerprint density at radius 3 is 2.32 bits per heavy atom. The van der Waals surface area contributed by atoms with Crippen molar-refractivity contribution in [2.45, 2.75) is 65.5 Å². The van der Waals surface area contributed by atoms with Gasteiger partial charge in [-0.05, 0) is 56.5 Å². The molecule has 0 aliphatic carbocycles. The normalized spacial score (nSPS) is 14.4. The van der Waals surface area contributed by atoms with Crippen molar-refractivity contribution in [2.24, 2.45) is 5.41 Å². The molecule has 0 spiro atoms. The summed E-state index contributed by atoms with van der Waals surface area (Å²) in [4.78, 5) is 58.0. The Morgan fingerprint density at radius 2 is 1.72 bits per heavy atom. The molecular weight excluding hydrogens is 696 g/mol. The molecule has 0 bridgehead atoms. The van der Waals surface area contributed by atoms with E-state index in [1.165, 1.54) is 28.9 Å². The molecule has 1 N–H and O–H groups in total. The molecule has 19 heteroatoms. The van der Waals surface area contributed by atoms with Crippen LogP contribution in [-0.4, -0.2) is 94.0 Å². The number of pyridine rings is 1. The SMILES string of the molecule is CC(C)(C)OC(=O)N[C@H](C(=O)OCOC(=O)N(c1nc2ccc(Cl)cn2n1)c1ccc(C(=O)N2CC(F)C2)cc1OCC(F)(F)F)C(C)(C)C. The van der Waals surface area contributed by atoms with Gasteiger partial charge in [-0.1, -0.05) is 32.4 Å². The molecule has 1 atom stereocenters. The molecule has 0 saturated carbocycles. The minimum atomic E-state index is -4.83. The summed E-state index contributed by atoms with van der Waals surface area (Å²) in [6.45, 7) is 6.57. The number of benzene rings is 1. The summed E-state index contributed by atoms with van der Waals surface area (Å²) in [5, 5.41) is 6.86. The van der Waals surface area contributed by atoms with Crippen LogP contribution in [0.1, 0.15) is 51.9 Å². The Hall–Kier alpha value is -4.87. The first-order chi connectivity index (χ1) is 23.1. The van der Waals surface area contributed by atoms with Gasteiger partial charge < -0.3 is 29.2 Å². The molecule has 14 nitrogen and oxygen atoms in total. The third-order valence-electron chi connectivity index (χ3n) is 6.78. The lowest BCUT2D eigenvalue weighted by molar-refractivity contribution is -0.157. The van der Waals surface area contributed by atoms with E-state index in [0.29, 0.717) is 4.90 Å². The number of nitrogens with one attached hydrogen (secondary N) is 1. The highest BCUT2D eigenvalue weighted by molar-refractivity contribution is 6.30. The maximum Gasteiger partial charge on any atom is 0.424 e. The van der Waals surface area contributed by atoms with Gasteiger partial charge >= 0.3 is 24.3 Å². The zero-order valence-corrected chi connectivity index (χ0v) is 28.6. The van der Waals surface area contributed by atoms with Crippen molar-refractivity contribution in [3.05, 3.63) is 47.1 Å². The quantitative estimate of drug-likeness (QED) is 0.162. The second-order valence-corrected chi connectivity index (χ2v) is 13.7. The van der Waals surface area contributed by atoms with Crippen molar-refractivity contribution in [1.29, 1.82) is 0 Å². The van der Waals surface area contributed by atoms with Crippen LogP contribution in [0.4, 0.5) is 38.8 Å². The zero-order chi connectivity index (χ0) is 37.2. The van der Waals surface area contributed by atoms with Gasteiger partial charge in [0.2, 0.25) is 6.79 Å². The summed E-state index contributed by atoms with van der Waals surface area (Å²) in [6.07, 6.45) is -6.96. The predicted molar refractivity (Wildman–Crippen MR) is 169 cm³/mol. The van der Waals surface area contributed by atoms with Crippen LogP contribution < -0.4 is 15.0 Å². The lowest BCUT2D eigenvalue weighted by Gasteiger charge is -2.34. The summed E-state index contributed by atoms with van der Waals surface area (Å²) in [5.41, 5.74) is -2.14. The van der Waals surface area contributed by atoms with Gasteiger partial charge in [-0.15, -0.1) is 5.10 Å². The molecule has 1 saturated heterocycles. The Bertz CT molecular complexity index is 1750. The summed E-state index contributed by atoms with van der Waals surface area (Å²) in [6, 6.07) is 4.90. The van der Waals surface area contributed by atoms with Crippen molar-refractivity contribution in [3.63, 3.8) is 0 Å². The molecule has 4 rings (SSSR count). The standard InChI is InChI=1S/C31H35ClF4N6O8/c1-29(2,3)23(38-27(45)50-30(4,5)6)25(44)48-16-49-28(46)42(26-37-22-10-8-18(32)12-41(22)39-26)20-9-7-17(24(43)40-13-19(33)14-40)11-21(20)47-15-31(34,35)36/h7-12,19,23H,13-16H2,1-6H3,(H,38,45)/t23-/m1/s1. The summed E-state index contributed by atoms with van der Waals surface area (Å²) < 4.78 is 75.1. The van der Waals surface area contributed by atoms with Crippen molar-refractivity contribution in [3.8, 4) is 5.75 Å². The second kappa shape index (κ2) is 14.5. The number of likely N-dealkylation sites (tertiary alicyclic amines) is 1. The molecule has 272 valence electrons. The topological polar surface area (TPSA) is 154 Å². The molecule has 3 amide bonds. The zero-order valence-electron chi connectivity index (χ0n) is 27.8. The van der Waals surface area contributed by atoms with E-state index in [1.54, 1.807) is 41.5 Å². The molecule has 3 heterocycles. The molecule has 50 heavy (non-hydrogen) atoms. The van der Waals surface area contributed by atoms with E-state index < -0.39 is 84.3 Å². The van der Waals surface area contributed by atoms with Gasteiger partial charge in [0.05, 0.1) is 23.8 Å². The fourth-order valence-electron chi connectivity index (χ4n) is 4.45. The van der Waals surface area contributed by atoms with Crippen LogP contribution in [-0.2, 0) is 19.0 Å². The van der Waals surface area contributed by atoms with Gasteiger partial charge in [0.1, 0.15) is 23.6 Å². The minimum absolute atomic E-state index is 0.152. The Balaban J connectivity index is 1.65. The maximum atomic E-state index is 13.7. The van der Waals surface area contributed by atoms with Crippen molar-refractivity contribution in [1.82, 2.24) is 24.8 Å². The fourth-order valence-corrected chi connectivity index (χ4v) is 4.60. The second-order valence-electron chi connectivity index (χ2n) is 13.2. The molecule has 1 aliphatic rings. The first-order valence-corrected chi connectivity index (χ1v) is 15.4. The first kappa shape index (κ1) is 37.9. The van der Waals surface area contributed by atoms with E-state index in [4.69, 9.17) is 30.5 Å². The van der Waals surface area contributed by atoms with Crippen LogP contribution in [0.25, 0.3) is 5.65 Å². The third kappa shape index (κ3) is 9.86. The van der Waals surface area contributed by atoms with Gasteiger partial charge in [-0.2, -0.15) is 18.2 Å². The number of carbonyl (C=O) groups excluding carboxylic acids is 4. The van der Waals surface area contributed by atoms with E-state index >= 15 is 0 Å². The molecule has 1 aromatic carbocycles. The van der Waals surface area contributed by atoms with E-state index in [1.807, 2.05) is 0 Å². The van der Waals surface area contributed by atoms with Crippen LogP contribution in [0, 0.1) is 5.41 Å². The molecule has 0 radical (unpaired) electrons. The monoisotopic (exact) mass is 730 g/mol. The number of ether oxygens (including phenoxy) is 4. The molecule has 2 aromatic heterocycles. The number of hydrogen-bond acceptors (Lipinski definition) is 10. The number of nitrogens with zero attached hydrogens (tertiary/aromatic N) is 5. The first-order valence-electron chi connectivity index (χ1n) is 15.0. The number of anilines is 2. The molecule has 3 aromatic rings. The van der Waals surface area contributed by atoms with Gasteiger partial charge in [0.15, 0.2) is 12.3 Å². The highest BCUT2D eigenvalue weighted by Gasteiger charge is 2.37. The molecule has 1 fully saturated rings. The highest BCUT2D eigenvalue weighted by atomic mass is 35.5. The molecule has 1 aliphatic heterocycles. The van der Waals surface area contributed by atoms with E-state index in [2.05, 4.69) is 15.4 Å². The Kier molecular flexibility index (Phi) is 11.0. The smallest absolute Gasteiger partial charge is 0.424 e. The fraction of sp³-hybridized carbons (Fsp3) is 0.484. The van der Waals surface area contributed by atoms with Gasteiger partial charge in [0.25, 0.3) is 11.9 Å². The van der Waals surface area contributed by atoms with Gasteiger partial charge in [-0.3, -0.25) is 4.79 Å². The van der Waals surface area contributed by atoms with Crippen LogP contribution >= 0.6 is 11.6 Å². The average molecular weight is 731 g/mol. The summed E-state index contributed by atoms with van der Waals surface area (Å²) >= 11 is 6.05. The number of aromatic nitrogens is 3. The van der Waals surface area contributed by atoms with E-state index in [-0.39, 0.29) is 29.3 Å². The number of alkyl carbamates (subject to hydrolysis) is 1.